The minimum atomic E-state index is -1.46. The standard InChI is InChI=1S/C85H51F3N4/c86-73-49-66(52-89)83(87)84(88)82(73)65-50-80(90-74-37-31-59(53-19-7-1-8-20-53)43-67(74)68-44-60(32-38-75(68)90)54-21-9-2-10-22-54)85(92-78-41-35-63(57-27-15-5-16-28-57)47-71(78)72-48-64(36-42-79(72)92)58-29-17-6-18-30-58)81(51-65)91-76-39-33-61(55-23-11-3-12-24-55)45-69(76)70-46-62(34-40-77(70)91)56-25-13-4-14-26-56/h1-51H. The predicted octanol–water partition coefficient (Wildman–Crippen LogP) is 22.9. The van der Waals surface area contributed by atoms with Crippen molar-refractivity contribution < 1.29 is 13.2 Å². The van der Waals surface area contributed by atoms with Crippen molar-refractivity contribution in [3.63, 3.8) is 0 Å². The molecular weight excluding hydrogens is 1130 g/mol. The Morgan fingerprint density at radius 1 is 0.239 bits per heavy atom. The second-order valence-corrected chi connectivity index (χ2v) is 23.5. The van der Waals surface area contributed by atoms with Gasteiger partial charge in [0.2, 0.25) is 0 Å². The van der Waals surface area contributed by atoms with E-state index in [1.807, 2.05) is 97.1 Å². The molecule has 0 unspecified atom stereocenters. The Hall–Kier alpha value is -12.2. The highest BCUT2D eigenvalue weighted by Crippen LogP contribution is 2.48. The molecule has 3 heterocycles. The Kier molecular flexibility index (Phi) is 12.8. The van der Waals surface area contributed by atoms with Gasteiger partial charge in [-0.05, 0) is 163 Å². The molecule has 4 nitrogen and oxygen atoms in total. The van der Waals surface area contributed by atoms with Crippen molar-refractivity contribution in [2.24, 2.45) is 0 Å². The van der Waals surface area contributed by atoms with Crippen LogP contribution in [0, 0.1) is 28.8 Å². The van der Waals surface area contributed by atoms with Gasteiger partial charge in [-0.25, -0.2) is 13.2 Å². The first-order chi connectivity index (χ1) is 45.3. The number of halogens is 3. The molecule has 0 aliphatic carbocycles. The largest absolute Gasteiger partial charge is 0.307 e. The van der Waals surface area contributed by atoms with Crippen molar-refractivity contribution in [3.05, 3.63) is 332 Å². The molecule has 0 aliphatic rings. The molecule has 0 saturated carbocycles. The summed E-state index contributed by atoms with van der Waals surface area (Å²) in [7, 11) is 0. The summed E-state index contributed by atoms with van der Waals surface area (Å²) in [5.74, 6) is -3.97. The van der Waals surface area contributed by atoms with Gasteiger partial charge in [-0.3, -0.25) is 0 Å². The van der Waals surface area contributed by atoms with Crippen LogP contribution in [0.2, 0.25) is 0 Å². The zero-order valence-electron chi connectivity index (χ0n) is 49.4. The maximum atomic E-state index is 17.5. The second-order valence-electron chi connectivity index (χ2n) is 23.5. The normalized spacial score (nSPS) is 11.6. The molecule has 92 heavy (non-hydrogen) atoms. The van der Waals surface area contributed by atoms with Crippen LogP contribution in [0.5, 0.6) is 0 Å². The lowest BCUT2D eigenvalue weighted by atomic mass is 9.98. The van der Waals surface area contributed by atoms with Gasteiger partial charge < -0.3 is 13.7 Å². The topological polar surface area (TPSA) is 38.6 Å². The number of nitrogens with zero attached hydrogens (tertiary/aromatic N) is 4. The minimum Gasteiger partial charge on any atom is -0.307 e. The fourth-order valence-corrected chi connectivity index (χ4v) is 14.0. The average molecular weight is 1190 g/mol. The monoisotopic (exact) mass is 1180 g/mol. The van der Waals surface area contributed by atoms with Crippen molar-refractivity contribution >= 4 is 65.4 Å². The van der Waals surface area contributed by atoms with E-state index in [9.17, 15) is 5.26 Å². The molecule has 0 radical (unpaired) electrons. The van der Waals surface area contributed by atoms with Crippen LogP contribution in [0.4, 0.5) is 13.2 Å². The number of hydrogen-bond donors (Lipinski definition) is 0. The van der Waals surface area contributed by atoms with E-state index < -0.39 is 28.6 Å². The highest BCUT2D eigenvalue weighted by molar-refractivity contribution is 6.16. The van der Waals surface area contributed by atoms with E-state index in [-0.39, 0.29) is 5.56 Å². The summed E-state index contributed by atoms with van der Waals surface area (Å²) in [5.41, 5.74) is 17.9. The van der Waals surface area contributed by atoms with Crippen LogP contribution in [0.1, 0.15) is 5.56 Å². The third-order valence-electron chi connectivity index (χ3n) is 18.3. The number of benzene rings is 14. The molecule has 7 heteroatoms. The van der Waals surface area contributed by atoms with Gasteiger partial charge in [-0.2, -0.15) is 5.26 Å². The summed E-state index contributed by atoms with van der Waals surface area (Å²) in [6.45, 7) is 0. The van der Waals surface area contributed by atoms with Gasteiger partial charge in [0, 0.05) is 32.3 Å². The zero-order chi connectivity index (χ0) is 61.6. The number of rotatable bonds is 10. The lowest BCUT2D eigenvalue weighted by molar-refractivity contribution is 0.496. The maximum Gasteiger partial charge on any atom is 0.177 e. The highest BCUT2D eigenvalue weighted by Gasteiger charge is 2.30. The third-order valence-corrected chi connectivity index (χ3v) is 18.3. The van der Waals surface area contributed by atoms with Crippen molar-refractivity contribution in [1.82, 2.24) is 13.7 Å². The molecule has 0 amide bonds. The van der Waals surface area contributed by atoms with Gasteiger partial charge in [0.15, 0.2) is 11.6 Å². The van der Waals surface area contributed by atoms with E-state index in [1.54, 1.807) is 6.07 Å². The van der Waals surface area contributed by atoms with Crippen LogP contribution in [-0.4, -0.2) is 13.7 Å². The minimum absolute atomic E-state index is 0.0595. The fourth-order valence-electron chi connectivity index (χ4n) is 14.0. The van der Waals surface area contributed by atoms with Gasteiger partial charge >= 0.3 is 0 Å². The first-order valence-electron chi connectivity index (χ1n) is 30.7. The average Bonchev–Trinajstić information content (AvgIpc) is 1.53. The van der Waals surface area contributed by atoms with E-state index in [0.29, 0.717) is 17.1 Å². The summed E-state index contributed by atoms with van der Waals surface area (Å²) in [4.78, 5) is 0. The van der Waals surface area contributed by atoms with Crippen molar-refractivity contribution in [2.75, 3.05) is 0 Å². The molecule has 0 fully saturated rings. The number of nitriles is 1. The van der Waals surface area contributed by atoms with E-state index in [2.05, 4.69) is 220 Å². The van der Waals surface area contributed by atoms with Crippen molar-refractivity contribution in [3.8, 4) is 101 Å². The van der Waals surface area contributed by atoms with Crippen LogP contribution in [0.15, 0.2) is 309 Å². The quantitative estimate of drug-likeness (QED) is 0.126. The SMILES string of the molecule is N#Cc1cc(F)c(-c2cc(-n3c4ccc(-c5ccccc5)cc4c4cc(-c5ccccc5)ccc43)c(-n3c4ccc(-c5ccccc5)cc4c4cc(-c5ccccc5)ccc43)c(-n3c4ccc(-c5ccccc5)cc4c4cc(-c5ccccc5)ccc43)c2)c(F)c1F. The van der Waals surface area contributed by atoms with Crippen LogP contribution >= 0.6 is 0 Å². The Bertz CT molecular complexity index is 5320. The summed E-state index contributed by atoms with van der Waals surface area (Å²) in [5, 5.41) is 15.8. The number of fused-ring (bicyclic) bond motifs is 9. The molecule has 0 N–H and O–H groups in total. The van der Waals surface area contributed by atoms with E-state index >= 15 is 13.2 Å². The molecule has 0 bridgehead atoms. The second kappa shape index (κ2) is 21.8. The number of aromatic nitrogens is 3. The zero-order valence-corrected chi connectivity index (χ0v) is 49.4. The van der Waals surface area contributed by atoms with Crippen LogP contribution in [0.3, 0.4) is 0 Å². The Balaban J connectivity index is 1.09. The summed E-state index contributed by atoms with van der Waals surface area (Å²) in [6, 6.07) is 107. The molecule has 3 aromatic heterocycles. The first kappa shape index (κ1) is 54.0. The smallest absolute Gasteiger partial charge is 0.177 e. The summed E-state index contributed by atoms with van der Waals surface area (Å²) >= 11 is 0. The number of hydrogen-bond acceptors (Lipinski definition) is 1. The van der Waals surface area contributed by atoms with Crippen LogP contribution in [-0.2, 0) is 0 Å². The van der Waals surface area contributed by atoms with Crippen molar-refractivity contribution in [2.45, 2.75) is 0 Å². The maximum absolute atomic E-state index is 17.5. The molecule has 17 aromatic rings. The Labute approximate surface area is 528 Å². The van der Waals surface area contributed by atoms with Gasteiger partial charge in [-0.1, -0.05) is 218 Å². The Morgan fingerprint density at radius 2 is 0.489 bits per heavy atom. The van der Waals surface area contributed by atoms with E-state index in [0.717, 1.165) is 138 Å². The Morgan fingerprint density at radius 3 is 0.739 bits per heavy atom. The highest BCUT2D eigenvalue weighted by atomic mass is 19.2. The van der Waals surface area contributed by atoms with E-state index in [4.69, 9.17) is 0 Å². The van der Waals surface area contributed by atoms with Gasteiger partial charge in [-0.15, -0.1) is 0 Å². The lowest BCUT2D eigenvalue weighted by Crippen LogP contribution is -2.10. The first-order valence-corrected chi connectivity index (χ1v) is 30.7. The molecule has 0 saturated heterocycles. The molecule has 0 spiro atoms. The molecule has 17 rings (SSSR count). The third kappa shape index (κ3) is 8.83. The summed E-state index contributed by atoms with van der Waals surface area (Å²) in [6.07, 6.45) is 0. The van der Waals surface area contributed by atoms with Gasteiger partial charge in [0.25, 0.3) is 0 Å². The van der Waals surface area contributed by atoms with Gasteiger partial charge in [0.1, 0.15) is 11.9 Å². The predicted molar refractivity (Wildman–Crippen MR) is 372 cm³/mol. The van der Waals surface area contributed by atoms with Crippen LogP contribution < -0.4 is 0 Å². The molecule has 14 aromatic carbocycles. The fraction of sp³-hybridized carbons (Fsp3) is 0. The van der Waals surface area contributed by atoms with E-state index in [1.165, 1.54) is 0 Å². The molecule has 432 valence electrons. The lowest BCUT2D eigenvalue weighted by Gasteiger charge is -2.24. The van der Waals surface area contributed by atoms with Crippen molar-refractivity contribution in [1.29, 1.82) is 5.26 Å². The van der Waals surface area contributed by atoms with Gasteiger partial charge in [0.05, 0.1) is 61.3 Å². The molecule has 0 atom stereocenters. The molecular formula is C85H51F3N4. The summed E-state index contributed by atoms with van der Waals surface area (Å²) < 4.78 is 58.4. The molecule has 0 aliphatic heterocycles. The van der Waals surface area contributed by atoms with Crippen LogP contribution in [0.25, 0.3) is 160 Å².